The summed E-state index contributed by atoms with van der Waals surface area (Å²) in [5, 5.41) is 0.495. The second-order valence-electron chi connectivity index (χ2n) is 6.11. The lowest BCUT2D eigenvalue weighted by molar-refractivity contribution is 0.148. The van der Waals surface area contributed by atoms with Crippen LogP contribution in [0.25, 0.3) is 0 Å². The highest BCUT2D eigenvalue weighted by Gasteiger charge is 2.32. The van der Waals surface area contributed by atoms with Gasteiger partial charge in [0.15, 0.2) is 0 Å². The van der Waals surface area contributed by atoms with Crippen LogP contribution in [0, 0.1) is 0 Å². The van der Waals surface area contributed by atoms with Crippen LogP contribution in [0.4, 0.5) is 0 Å². The van der Waals surface area contributed by atoms with Crippen LogP contribution in [0.5, 0.6) is 0 Å². The molecule has 0 amide bonds. The molecule has 24 heavy (non-hydrogen) atoms. The van der Waals surface area contributed by atoms with Crippen LogP contribution in [-0.4, -0.2) is 44.3 Å². The Kier molecular flexibility index (Phi) is 5.25. The Morgan fingerprint density at radius 3 is 2.42 bits per heavy atom. The first-order valence-corrected chi connectivity index (χ1v) is 9.92. The van der Waals surface area contributed by atoms with Crippen molar-refractivity contribution in [3.63, 3.8) is 0 Å². The van der Waals surface area contributed by atoms with E-state index in [-0.39, 0.29) is 11.8 Å². The molecule has 1 unspecified atom stereocenters. The molecule has 1 aliphatic rings. The van der Waals surface area contributed by atoms with Crippen LogP contribution in [-0.2, 0) is 15.8 Å². The molecule has 0 aromatic heterocycles. The Morgan fingerprint density at radius 1 is 1.04 bits per heavy atom. The molecule has 0 spiro atoms. The molecule has 6 heteroatoms. The highest BCUT2D eigenvalue weighted by Crippen LogP contribution is 2.27. The average molecular weight is 365 g/mol. The number of hydrogen-bond donors (Lipinski definition) is 0. The van der Waals surface area contributed by atoms with Gasteiger partial charge in [0, 0.05) is 30.7 Å². The van der Waals surface area contributed by atoms with Crippen molar-refractivity contribution in [2.75, 3.05) is 26.7 Å². The average Bonchev–Trinajstić information content (AvgIpc) is 2.58. The van der Waals surface area contributed by atoms with E-state index in [1.54, 1.807) is 22.5 Å². The van der Waals surface area contributed by atoms with Crippen molar-refractivity contribution in [1.29, 1.82) is 0 Å². The van der Waals surface area contributed by atoms with Crippen LogP contribution < -0.4 is 0 Å². The number of halogens is 1. The van der Waals surface area contributed by atoms with Gasteiger partial charge < -0.3 is 0 Å². The summed E-state index contributed by atoms with van der Waals surface area (Å²) in [5.74, 6) is -0.0576. The molecule has 128 valence electrons. The number of rotatable bonds is 4. The number of nitrogens with zero attached hydrogens (tertiary/aromatic N) is 2. The SMILES string of the molecule is CN1CCN(S(=O)(=O)Cc2ccccc2Cl)CC1c1ccccc1. The summed E-state index contributed by atoms with van der Waals surface area (Å²) in [6.45, 7) is 1.68. The lowest BCUT2D eigenvalue weighted by atomic mass is 10.0. The highest BCUT2D eigenvalue weighted by molar-refractivity contribution is 7.88. The van der Waals surface area contributed by atoms with Gasteiger partial charge in [-0.25, -0.2) is 8.42 Å². The summed E-state index contributed by atoms with van der Waals surface area (Å²) in [6, 6.07) is 17.2. The third-order valence-corrected chi connectivity index (χ3v) is 6.65. The molecule has 0 N–H and O–H groups in total. The van der Waals surface area contributed by atoms with Gasteiger partial charge in [0.1, 0.15) is 0 Å². The predicted molar refractivity (Wildman–Crippen MR) is 97.5 cm³/mol. The molecule has 0 aliphatic carbocycles. The van der Waals surface area contributed by atoms with E-state index in [0.29, 0.717) is 30.2 Å². The van der Waals surface area contributed by atoms with Crippen LogP contribution in [0.3, 0.4) is 0 Å². The number of sulfonamides is 1. The largest absolute Gasteiger partial charge is 0.297 e. The van der Waals surface area contributed by atoms with Crippen molar-refractivity contribution >= 4 is 21.6 Å². The maximum Gasteiger partial charge on any atom is 0.218 e. The summed E-state index contributed by atoms with van der Waals surface area (Å²) < 4.78 is 27.3. The van der Waals surface area contributed by atoms with Crippen molar-refractivity contribution in [3.8, 4) is 0 Å². The molecule has 0 radical (unpaired) electrons. The first-order chi connectivity index (χ1) is 11.5. The second-order valence-corrected chi connectivity index (χ2v) is 8.49. The lowest BCUT2D eigenvalue weighted by Crippen LogP contribution is -2.49. The van der Waals surface area contributed by atoms with Crippen LogP contribution in [0.1, 0.15) is 17.2 Å². The molecular weight excluding hydrogens is 344 g/mol. The fraction of sp³-hybridized carbons (Fsp3) is 0.333. The maximum absolute atomic E-state index is 12.8. The molecule has 4 nitrogen and oxygen atoms in total. The Bertz CT molecular complexity index is 796. The molecule has 0 saturated carbocycles. The van der Waals surface area contributed by atoms with Gasteiger partial charge in [-0.1, -0.05) is 60.1 Å². The monoisotopic (exact) mass is 364 g/mol. The minimum Gasteiger partial charge on any atom is -0.297 e. The molecule has 1 heterocycles. The third kappa shape index (κ3) is 3.81. The van der Waals surface area contributed by atoms with E-state index in [0.717, 1.165) is 5.56 Å². The zero-order valence-electron chi connectivity index (χ0n) is 13.6. The van der Waals surface area contributed by atoms with Gasteiger partial charge in [-0.15, -0.1) is 0 Å². The van der Waals surface area contributed by atoms with Crippen molar-refractivity contribution in [1.82, 2.24) is 9.21 Å². The van der Waals surface area contributed by atoms with Gasteiger partial charge in [-0.3, -0.25) is 4.90 Å². The van der Waals surface area contributed by atoms with E-state index < -0.39 is 10.0 Å². The van der Waals surface area contributed by atoms with E-state index >= 15 is 0 Å². The molecule has 2 aromatic rings. The zero-order chi connectivity index (χ0) is 17.2. The molecule has 3 rings (SSSR count). The standard InChI is InChI=1S/C18H21ClN2O2S/c1-20-11-12-21(13-18(20)15-7-3-2-4-8-15)24(22,23)14-16-9-5-6-10-17(16)19/h2-10,18H,11-14H2,1H3. The van der Waals surface area contributed by atoms with Crippen molar-refractivity contribution in [2.45, 2.75) is 11.8 Å². The van der Waals surface area contributed by atoms with Crippen LogP contribution >= 0.6 is 11.6 Å². The van der Waals surface area contributed by atoms with Crippen molar-refractivity contribution < 1.29 is 8.42 Å². The molecule has 1 fully saturated rings. The van der Waals surface area contributed by atoms with Gasteiger partial charge in [-0.2, -0.15) is 4.31 Å². The topological polar surface area (TPSA) is 40.6 Å². The number of piperazine rings is 1. The second kappa shape index (κ2) is 7.23. The number of likely N-dealkylation sites (N-methyl/N-ethyl adjacent to an activating group) is 1. The predicted octanol–water partition coefficient (Wildman–Crippen LogP) is 3.16. The third-order valence-electron chi connectivity index (χ3n) is 4.48. The summed E-state index contributed by atoms with van der Waals surface area (Å²) >= 11 is 6.13. The fourth-order valence-corrected chi connectivity index (χ4v) is 4.88. The van der Waals surface area contributed by atoms with Gasteiger partial charge in [-0.05, 0) is 24.2 Å². The summed E-state index contributed by atoms with van der Waals surface area (Å²) in [5.41, 5.74) is 1.78. The molecular formula is C18H21ClN2O2S. The van der Waals surface area contributed by atoms with Gasteiger partial charge in [0.2, 0.25) is 10.0 Å². The molecule has 1 atom stereocenters. The smallest absolute Gasteiger partial charge is 0.218 e. The first-order valence-electron chi connectivity index (χ1n) is 7.94. The van der Waals surface area contributed by atoms with Crippen molar-refractivity contribution in [3.05, 3.63) is 70.7 Å². The Labute approximate surface area is 148 Å². The lowest BCUT2D eigenvalue weighted by Gasteiger charge is -2.39. The van der Waals surface area contributed by atoms with E-state index in [1.807, 2.05) is 43.4 Å². The van der Waals surface area contributed by atoms with Crippen molar-refractivity contribution in [2.24, 2.45) is 0 Å². The Balaban J connectivity index is 1.80. The van der Waals surface area contributed by atoms with E-state index in [2.05, 4.69) is 4.90 Å². The normalized spacial score (nSPS) is 20.2. The van der Waals surface area contributed by atoms with E-state index in [9.17, 15) is 8.42 Å². The van der Waals surface area contributed by atoms with Gasteiger partial charge in [0.25, 0.3) is 0 Å². The summed E-state index contributed by atoms with van der Waals surface area (Å²) in [6.07, 6.45) is 0. The van der Waals surface area contributed by atoms with Crippen LogP contribution in [0.15, 0.2) is 54.6 Å². The van der Waals surface area contributed by atoms with E-state index in [1.165, 1.54) is 0 Å². The minimum atomic E-state index is -3.40. The number of hydrogen-bond acceptors (Lipinski definition) is 3. The van der Waals surface area contributed by atoms with Gasteiger partial charge >= 0.3 is 0 Å². The maximum atomic E-state index is 12.8. The van der Waals surface area contributed by atoms with Gasteiger partial charge in [0.05, 0.1) is 5.75 Å². The number of benzene rings is 2. The van der Waals surface area contributed by atoms with Crippen LogP contribution in [0.2, 0.25) is 5.02 Å². The summed E-state index contributed by atoms with van der Waals surface area (Å²) in [7, 11) is -1.36. The first kappa shape index (κ1) is 17.4. The molecule has 1 saturated heterocycles. The quantitative estimate of drug-likeness (QED) is 0.836. The Morgan fingerprint density at radius 2 is 1.71 bits per heavy atom. The minimum absolute atomic E-state index is 0.0576. The summed E-state index contributed by atoms with van der Waals surface area (Å²) in [4.78, 5) is 2.21. The van der Waals surface area contributed by atoms with E-state index in [4.69, 9.17) is 11.6 Å². The highest BCUT2D eigenvalue weighted by atomic mass is 35.5. The fourth-order valence-electron chi connectivity index (χ4n) is 3.04. The molecule has 2 aromatic carbocycles. The Hall–Kier alpha value is -1.40. The zero-order valence-corrected chi connectivity index (χ0v) is 15.2. The molecule has 1 aliphatic heterocycles. The molecule has 0 bridgehead atoms.